The van der Waals surface area contributed by atoms with Gasteiger partial charge >= 0.3 is 12.1 Å². The van der Waals surface area contributed by atoms with Crippen LogP contribution in [0.3, 0.4) is 0 Å². The molecule has 0 bridgehead atoms. The number of ether oxygens (including phenoxy) is 2. The number of pyridine rings is 1. The molecule has 1 aromatic carbocycles. The lowest BCUT2D eigenvalue weighted by molar-refractivity contribution is -0.153. The van der Waals surface area contributed by atoms with E-state index >= 15 is 0 Å². The Morgan fingerprint density at radius 2 is 1.90 bits per heavy atom. The fraction of sp³-hybridized carbons (Fsp3) is 0.389. The number of carbonyl (C=O) groups excluding carboxylic acids is 1. The van der Waals surface area contributed by atoms with Gasteiger partial charge in [-0.25, -0.2) is 4.98 Å². The van der Waals surface area contributed by atoms with Crippen molar-refractivity contribution in [2.75, 3.05) is 26.4 Å². The number of carboxylic acid groups (broad SMARTS) is 1. The van der Waals surface area contributed by atoms with Gasteiger partial charge in [0, 0.05) is 18.6 Å². The second-order valence-corrected chi connectivity index (χ2v) is 6.54. The van der Waals surface area contributed by atoms with E-state index in [-0.39, 0.29) is 21.7 Å². The summed E-state index contributed by atoms with van der Waals surface area (Å²) in [5.41, 5.74) is -0.351. The highest BCUT2D eigenvalue weighted by Gasteiger charge is 2.29. The summed E-state index contributed by atoms with van der Waals surface area (Å²) < 4.78 is 46.2. The topological polar surface area (TPSA) is 118 Å². The van der Waals surface area contributed by atoms with Crippen molar-refractivity contribution in [2.24, 2.45) is 0 Å². The molecule has 1 aromatic heterocycles. The Hall–Kier alpha value is -2.79. The van der Waals surface area contributed by atoms with Gasteiger partial charge in [-0.1, -0.05) is 11.6 Å². The average molecular weight is 451 g/mol. The zero-order valence-electron chi connectivity index (χ0n) is 15.5. The van der Waals surface area contributed by atoms with Crippen molar-refractivity contribution in [3.8, 4) is 11.5 Å². The molecule has 1 amide bonds. The normalized spacial score (nSPS) is 13.5. The average Bonchev–Trinajstić information content (AvgIpc) is 3.23. The fourth-order valence-electron chi connectivity index (χ4n) is 2.35. The molecule has 0 atom stereocenters. The van der Waals surface area contributed by atoms with E-state index in [2.05, 4.69) is 9.72 Å². The molecule has 1 saturated heterocycles. The lowest BCUT2D eigenvalue weighted by Gasteiger charge is -2.12. The first-order valence-corrected chi connectivity index (χ1v) is 9.05. The maximum atomic E-state index is 12.2. The number of aliphatic carboxylic acids is 1. The number of nitrogens with one attached hydrogen (secondary N) is 1. The third-order valence-corrected chi connectivity index (χ3v) is 3.98. The zero-order valence-corrected chi connectivity index (χ0v) is 16.2. The molecule has 0 unspecified atom stereocenters. The number of halogens is 4. The number of carbonyl (C=O) groups is 2. The number of hydrogen-bond donors (Lipinski definition) is 3. The molecule has 0 aliphatic carbocycles. The number of amides is 1. The number of hydrogen-bond acceptors (Lipinski definition) is 6. The third kappa shape index (κ3) is 7.23. The molecule has 0 spiro atoms. The maximum Gasteiger partial charge on any atom is 0.422 e. The maximum absolute atomic E-state index is 12.2. The molecular weight excluding hydrogens is 433 g/mol. The number of aromatic nitrogens is 1. The van der Waals surface area contributed by atoms with E-state index < -0.39 is 42.6 Å². The van der Waals surface area contributed by atoms with E-state index in [1.807, 2.05) is 5.32 Å². The minimum Gasteiger partial charge on any atom is -0.505 e. The standard InChI is InChI=1S/C14H10ClF3N2O5.C4H8O/c15-7-3-8-6(2-10(7)25-5-14(16,17)18)1-9(21)12(20-8)13(24)19-4-11(22)23;1-2-4-5-3-1/h1-3,21H,4-5H2,(H,19,24)(H,22,23);1-4H2. The summed E-state index contributed by atoms with van der Waals surface area (Å²) in [7, 11) is 0. The Morgan fingerprint density at radius 3 is 2.43 bits per heavy atom. The van der Waals surface area contributed by atoms with Crippen LogP contribution in [-0.4, -0.2) is 59.6 Å². The Balaban J connectivity index is 0.000000558. The molecule has 2 heterocycles. The number of rotatable bonds is 5. The molecule has 8 nitrogen and oxygen atoms in total. The van der Waals surface area contributed by atoms with Gasteiger partial charge in [-0.05, 0) is 31.0 Å². The Kier molecular flexibility index (Phi) is 8.07. The zero-order chi connectivity index (χ0) is 22.3. The first kappa shape index (κ1) is 23.5. The van der Waals surface area contributed by atoms with E-state index in [4.69, 9.17) is 21.4 Å². The molecule has 3 rings (SSSR count). The molecule has 0 saturated carbocycles. The van der Waals surface area contributed by atoms with Crippen molar-refractivity contribution < 1.29 is 42.4 Å². The van der Waals surface area contributed by atoms with Crippen molar-refractivity contribution in [1.29, 1.82) is 0 Å². The molecule has 164 valence electrons. The van der Waals surface area contributed by atoms with Gasteiger partial charge < -0.3 is 25.0 Å². The summed E-state index contributed by atoms with van der Waals surface area (Å²) in [6.45, 7) is -0.226. The van der Waals surface area contributed by atoms with Crippen LogP contribution in [0.25, 0.3) is 10.9 Å². The highest BCUT2D eigenvalue weighted by atomic mass is 35.5. The van der Waals surface area contributed by atoms with Gasteiger partial charge in [0.2, 0.25) is 0 Å². The SMILES string of the molecule is C1CCOC1.O=C(O)CNC(=O)c1nc2cc(Cl)c(OCC(F)(F)F)cc2cc1O. The van der Waals surface area contributed by atoms with Crippen LogP contribution in [0.1, 0.15) is 23.3 Å². The van der Waals surface area contributed by atoms with Crippen LogP contribution in [0, 0.1) is 0 Å². The van der Waals surface area contributed by atoms with Crippen LogP contribution >= 0.6 is 11.6 Å². The number of benzene rings is 1. The molecule has 1 aliphatic heterocycles. The van der Waals surface area contributed by atoms with Crippen molar-refractivity contribution in [3.05, 3.63) is 28.9 Å². The van der Waals surface area contributed by atoms with E-state index in [1.165, 1.54) is 12.8 Å². The molecule has 30 heavy (non-hydrogen) atoms. The third-order valence-electron chi connectivity index (χ3n) is 3.68. The Morgan fingerprint density at radius 1 is 1.23 bits per heavy atom. The van der Waals surface area contributed by atoms with Crippen molar-refractivity contribution in [2.45, 2.75) is 19.0 Å². The first-order chi connectivity index (χ1) is 14.1. The summed E-state index contributed by atoms with van der Waals surface area (Å²) in [6, 6.07) is 3.37. The van der Waals surface area contributed by atoms with Crippen LogP contribution in [0.2, 0.25) is 5.02 Å². The highest BCUT2D eigenvalue weighted by Crippen LogP contribution is 2.32. The Bertz CT molecular complexity index is 911. The second-order valence-electron chi connectivity index (χ2n) is 6.13. The summed E-state index contributed by atoms with van der Waals surface area (Å²) >= 11 is 5.83. The quantitative estimate of drug-likeness (QED) is 0.640. The van der Waals surface area contributed by atoms with Crippen LogP contribution < -0.4 is 10.1 Å². The van der Waals surface area contributed by atoms with Crippen LogP contribution in [-0.2, 0) is 9.53 Å². The predicted octanol–water partition coefficient (Wildman–Crippen LogP) is 3.15. The van der Waals surface area contributed by atoms with Crippen LogP contribution in [0.4, 0.5) is 13.2 Å². The van der Waals surface area contributed by atoms with Crippen molar-refractivity contribution in [3.63, 3.8) is 0 Å². The van der Waals surface area contributed by atoms with Crippen LogP contribution in [0.15, 0.2) is 18.2 Å². The molecular formula is C18H18ClF3N2O6. The number of fused-ring (bicyclic) bond motifs is 1. The lowest BCUT2D eigenvalue weighted by atomic mass is 10.1. The fourth-order valence-corrected chi connectivity index (χ4v) is 2.56. The van der Waals surface area contributed by atoms with Gasteiger partial charge in [0.05, 0.1) is 10.5 Å². The predicted molar refractivity (Wildman–Crippen MR) is 100.0 cm³/mol. The first-order valence-electron chi connectivity index (χ1n) is 8.67. The van der Waals surface area contributed by atoms with Gasteiger partial charge in [0.25, 0.3) is 5.91 Å². The minimum absolute atomic E-state index is 0.0997. The van der Waals surface area contributed by atoms with Gasteiger partial charge in [0.15, 0.2) is 12.3 Å². The molecule has 3 N–H and O–H groups in total. The van der Waals surface area contributed by atoms with E-state index in [0.29, 0.717) is 0 Å². The summed E-state index contributed by atoms with van der Waals surface area (Å²) in [6.07, 6.45) is -2.00. The van der Waals surface area contributed by atoms with Gasteiger partial charge in [-0.15, -0.1) is 0 Å². The largest absolute Gasteiger partial charge is 0.505 e. The monoisotopic (exact) mass is 450 g/mol. The smallest absolute Gasteiger partial charge is 0.422 e. The van der Waals surface area contributed by atoms with Crippen LogP contribution in [0.5, 0.6) is 11.5 Å². The molecule has 1 aliphatic rings. The molecule has 12 heteroatoms. The van der Waals surface area contributed by atoms with Crippen molar-refractivity contribution >= 4 is 34.4 Å². The minimum atomic E-state index is -4.55. The van der Waals surface area contributed by atoms with E-state index in [1.54, 1.807) is 0 Å². The lowest BCUT2D eigenvalue weighted by Crippen LogP contribution is -2.29. The van der Waals surface area contributed by atoms with Gasteiger partial charge in [0.1, 0.15) is 18.0 Å². The number of aromatic hydroxyl groups is 1. The number of carboxylic acids is 1. The highest BCUT2D eigenvalue weighted by molar-refractivity contribution is 6.32. The summed E-state index contributed by atoms with van der Waals surface area (Å²) in [5.74, 6) is -3.08. The van der Waals surface area contributed by atoms with Gasteiger partial charge in [-0.3, -0.25) is 9.59 Å². The van der Waals surface area contributed by atoms with Gasteiger partial charge in [-0.2, -0.15) is 13.2 Å². The summed E-state index contributed by atoms with van der Waals surface area (Å²) in [4.78, 5) is 26.1. The van der Waals surface area contributed by atoms with E-state index in [0.717, 1.165) is 31.4 Å². The molecule has 2 aromatic rings. The van der Waals surface area contributed by atoms with E-state index in [9.17, 15) is 27.9 Å². The molecule has 0 radical (unpaired) electrons. The molecule has 1 fully saturated rings. The Labute approximate surface area is 173 Å². The number of nitrogens with zero attached hydrogens (tertiary/aromatic N) is 1. The number of alkyl halides is 3. The van der Waals surface area contributed by atoms with Crippen molar-refractivity contribution in [1.82, 2.24) is 10.3 Å². The summed E-state index contributed by atoms with van der Waals surface area (Å²) in [5, 5.41) is 20.4. The second kappa shape index (κ2) is 10.3.